The number of rotatable bonds is 3. The summed E-state index contributed by atoms with van der Waals surface area (Å²) in [6.45, 7) is 14.6. The van der Waals surface area contributed by atoms with Crippen molar-refractivity contribution in [1.82, 2.24) is 9.13 Å². The molecule has 2 fully saturated rings. The van der Waals surface area contributed by atoms with Crippen LogP contribution in [-0.4, -0.2) is 43.7 Å². The lowest BCUT2D eigenvalue weighted by Crippen LogP contribution is -2.65. The molecule has 2 rings (SSSR count). The maximum absolute atomic E-state index is 4.46. The van der Waals surface area contributed by atoms with E-state index >= 15 is 0 Å². The molecule has 3 heteroatoms. The molecule has 0 spiro atoms. The van der Waals surface area contributed by atoms with E-state index in [1.165, 1.54) is 95.6 Å². The monoisotopic (exact) mass is 308 g/mol. The summed E-state index contributed by atoms with van der Waals surface area (Å²) in [7, 11) is -1.66. The van der Waals surface area contributed by atoms with Crippen LogP contribution in [0.5, 0.6) is 0 Å². The van der Waals surface area contributed by atoms with E-state index in [9.17, 15) is 0 Å². The van der Waals surface area contributed by atoms with Crippen molar-refractivity contribution in [2.24, 2.45) is 0 Å². The van der Waals surface area contributed by atoms with Gasteiger partial charge in [0.2, 0.25) is 8.40 Å². The third kappa shape index (κ3) is 4.43. The average molecular weight is 309 g/mol. The molecule has 0 aromatic carbocycles. The van der Waals surface area contributed by atoms with E-state index in [4.69, 9.17) is 0 Å². The van der Waals surface area contributed by atoms with Crippen LogP contribution in [0.1, 0.15) is 71.1 Å². The zero-order valence-electron chi connectivity index (χ0n) is 14.5. The third-order valence-electron chi connectivity index (χ3n) is 5.75. The van der Waals surface area contributed by atoms with Crippen molar-refractivity contribution in [3.8, 4) is 0 Å². The Balaban J connectivity index is 2.13. The molecule has 2 nitrogen and oxygen atoms in total. The van der Waals surface area contributed by atoms with Crippen LogP contribution in [0.15, 0.2) is 11.8 Å². The Bertz CT molecular complexity index is 291. The van der Waals surface area contributed by atoms with Gasteiger partial charge < -0.3 is 9.13 Å². The Kier molecular flexibility index (Phi) is 6.97. The lowest BCUT2D eigenvalue weighted by Gasteiger charge is -2.48. The lowest BCUT2D eigenvalue weighted by molar-refractivity contribution is 0.288. The van der Waals surface area contributed by atoms with Gasteiger partial charge in [0.25, 0.3) is 0 Å². The van der Waals surface area contributed by atoms with E-state index in [-0.39, 0.29) is 0 Å². The molecule has 0 saturated carbocycles. The highest BCUT2D eigenvalue weighted by atomic mass is 28.3. The van der Waals surface area contributed by atoms with Crippen molar-refractivity contribution in [3.05, 3.63) is 11.8 Å². The summed E-state index contributed by atoms with van der Waals surface area (Å²) in [5.41, 5.74) is 0. The summed E-state index contributed by atoms with van der Waals surface area (Å²) in [6.07, 6.45) is 14.2. The molecule has 2 aliphatic heterocycles. The molecule has 0 unspecified atom stereocenters. The number of allylic oxidation sites excluding steroid dienone is 1. The van der Waals surface area contributed by atoms with E-state index in [1.54, 1.807) is 0 Å². The van der Waals surface area contributed by atoms with Crippen molar-refractivity contribution >= 4 is 8.40 Å². The molecule has 2 aliphatic rings. The first kappa shape index (κ1) is 17.2. The Hall–Kier alpha value is -0.123. The second-order valence-corrected chi connectivity index (χ2v) is 11.5. The minimum absolute atomic E-state index is 1.31. The van der Waals surface area contributed by atoms with Crippen LogP contribution in [0, 0.1) is 0 Å². The van der Waals surface area contributed by atoms with Crippen molar-refractivity contribution in [2.45, 2.75) is 77.7 Å². The fraction of sp³-hybridized carbons (Fsp3) is 0.889. The maximum Gasteiger partial charge on any atom is 0.231 e. The Labute approximate surface area is 133 Å². The topological polar surface area (TPSA) is 6.48 Å². The first-order chi connectivity index (χ1) is 10.2. The van der Waals surface area contributed by atoms with Crippen LogP contribution in [-0.2, 0) is 0 Å². The van der Waals surface area contributed by atoms with E-state index in [2.05, 4.69) is 29.2 Å². The molecule has 2 saturated heterocycles. The van der Waals surface area contributed by atoms with Gasteiger partial charge in [0.15, 0.2) is 0 Å². The van der Waals surface area contributed by atoms with Crippen molar-refractivity contribution in [1.29, 1.82) is 0 Å². The average Bonchev–Trinajstić information content (AvgIpc) is 2.36. The normalized spacial score (nSPS) is 24.7. The zero-order chi connectivity index (χ0) is 15.1. The molecule has 0 radical (unpaired) electrons. The van der Waals surface area contributed by atoms with Gasteiger partial charge in [-0.15, -0.1) is 6.58 Å². The zero-order valence-corrected chi connectivity index (χ0v) is 15.5. The summed E-state index contributed by atoms with van der Waals surface area (Å²) in [4.78, 5) is 0. The van der Waals surface area contributed by atoms with Crippen molar-refractivity contribution in [2.75, 3.05) is 26.2 Å². The number of nitrogens with zero attached hydrogens (tertiary/aromatic N) is 2. The standard InChI is InChI=1S/C18H36N2Si/c1-18(2)21(3,19-14-10-6-4-7-11-15-19)20-16-12-8-5-9-13-17-20/h1,4-17H2,2-3H3. The molecule has 0 aromatic heterocycles. The van der Waals surface area contributed by atoms with Crippen molar-refractivity contribution in [3.63, 3.8) is 0 Å². The van der Waals surface area contributed by atoms with Crippen LogP contribution in [0.4, 0.5) is 0 Å². The quantitative estimate of drug-likeness (QED) is 0.697. The molecule has 0 amide bonds. The van der Waals surface area contributed by atoms with Gasteiger partial charge in [-0.2, -0.15) is 0 Å². The maximum atomic E-state index is 4.46. The highest BCUT2D eigenvalue weighted by Gasteiger charge is 2.41. The fourth-order valence-corrected chi connectivity index (χ4v) is 7.96. The van der Waals surface area contributed by atoms with Gasteiger partial charge in [0.1, 0.15) is 0 Å². The van der Waals surface area contributed by atoms with Crippen LogP contribution in [0.3, 0.4) is 0 Å². The second kappa shape index (κ2) is 8.49. The number of hydrogen-bond donors (Lipinski definition) is 0. The van der Waals surface area contributed by atoms with Gasteiger partial charge in [0.05, 0.1) is 0 Å². The van der Waals surface area contributed by atoms with Crippen LogP contribution in [0.2, 0.25) is 6.55 Å². The summed E-state index contributed by atoms with van der Waals surface area (Å²) in [5.74, 6) is 0. The molecular formula is C18H36N2Si. The van der Waals surface area contributed by atoms with Gasteiger partial charge in [-0.25, -0.2) is 0 Å². The van der Waals surface area contributed by atoms with Crippen LogP contribution < -0.4 is 0 Å². The molecule has 0 aliphatic carbocycles. The Morgan fingerprint density at radius 1 is 0.667 bits per heavy atom. The van der Waals surface area contributed by atoms with E-state index in [0.717, 1.165) is 0 Å². The lowest BCUT2D eigenvalue weighted by atomic mass is 10.1. The smallest absolute Gasteiger partial charge is 0.231 e. The summed E-state index contributed by atoms with van der Waals surface area (Å²) in [5, 5.41) is 1.48. The summed E-state index contributed by atoms with van der Waals surface area (Å²) in [6, 6.07) is 0. The molecule has 0 N–H and O–H groups in total. The molecule has 2 heterocycles. The first-order valence-corrected chi connectivity index (χ1v) is 11.7. The van der Waals surface area contributed by atoms with Crippen LogP contribution in [0.25, 0.3) is 0 Å². The molecule has 0 atom stereocenters. The predicted molar refractivity (Wildman–Crippen MR) is 95.7 cm³/mol. The summed E-state index contributed by atoms with van der Waals surface area (Å²) >= 11 is 0. The molecule has 21 heavy (non-hydrogen) atoms. The Morgan fingerprint density at radius 3 is 1.24 bits per heavy atom. The van der Waals surface area contributed by atoms with Gasteiger partial charge in [-0.3, -0.25) is 0 Å². The van der Waals surface area contributed by atoms with E-state index < -0.39 is 8.40 Å². The highest BCUT2D eigenvalue weighted by Crippen LogP contribution is 2.28. The predicted octanol–water partition coefficient (Wildman–Crippen LogP) is 4.71. The van der Waals surface area contributed by atoms with E-state index in [0.29, 0.717) is 0 Å². The van der Waals surface area contributed by atoms with Crippen molar-refractivity contribution < 1.29 is 0 Å². The largest absolute Gasteiger partial charge is 0.308 e. The Morgan fingerprint density at radius 2 is 0.952 bits per heavy atom. The van der Waals surface area contributed by atoms with Gasteiger partial charge >= 0.3 is 0 Å². The minimum atomic E-state index is -1.66. The van der Waals surface area contributed by atoms with E-state index in [1.807, 2.05) is 0 Å². The van der Waals surface area contributed by atoms with Gasteiger partial charge in [0, 0.05) is 0 Å². The SMILES string of the molecule is C=C(C)[Si](C)(N1CCCCCCC1)N1CCCCCCC1. The summed E-state index contributed by atoms with van der Waals surface area (Å²) < 4.78 is 5.77. The second-order valence-electron chi connectivity index (χ2n) is 7.31. The third-order valence-corrected chi connectivity index (χ3v) is 10.7. The minimum Gasteiger partial charge on any atom is -0.308 e. The first-order valence-electron chi connectivity index (χ1n) is 9.32. The molecule has 122 valence electrons. The highest BCUT2D eigenvalue weighted by molar-refractivity contribution is 6.80. The van der Waals surface area contributed by atoms with Gasteiger partial charge in [-0.05, 0) is 65.3 Å². The molecule has 0 aromatic rings. The molecular weight excluding hydrogens is 272 g/mol. The fourth-order valence-electron chi connectivity index (χ4n) is 4.11. The van der Waals surface area contributed by atoms with Crippen LogP contribution >= 0.6 is 0 Å². The molecule has 0 bridgehead atoms. The van der Waals surface area contributed by atoms with Gasteiger partial charge in [-0.1, -0.05) is 43.7 Å². The number of hydrogen-bond acceptors (Lipinski definition) is 2.